The van der Waals surface area contributed by atoms with Gasteiger partial charge in [0.15, 0.2) is 0 Å². The molecule has 1 aliphatic heterocycles. The van der Waals surface area contributed by atoms with Gasteiger partial charge in [0.25, 0.3) is 0 Å². The molecule has 0 N–H and O–H groups in total. The minimum atomic E-state index is -0.463. The molecule has 0 aliphatic carbocycles. The van der Waals surface area contributed by atoms with E-state index < -0.39 is 5.60 Å². The summed E-state index contributed by atoms with van der Waals surface area (Å²) in [5.74, 6) is -0.217. The van der Waals surface area contributed by atoms with Crippen LogP contribution < -0.4 is 0 Å². The molecule has 5 heteroatoms. The number of hydrogen-bond donors (Lipinski definition) is 0. The first kappa shape index (κ1) is 16.7. The molecule has 1 amide bonds. The standard InChI is InChI=1S/C17H25FN2O2/c1-13(14-5-7-15(18)8-6-14)19-9-11-20(12-10-19)16(21)22-17(2,3)4/h5-8,13H,9-12H2,1-4H3/t13-/m1/s1. The quantitative estimate of drug-likeness (QED) is 0.839. The highest BCUT2D eigenvalue weighted by molar-refractivity contribution is 5.68. The number of benzene rings is 1. The molecule has 0 radical (unpaired) electrons. The average molecular weight is 308 g/mol. The highest BCUT2D eigenvalue weighted by Gasteiger charge is 2.27. The van der Waals surface area contributed by atoms with Crippen molar-refractivity contribution in [1.82, 2.24) is 9.80 Å². The lowest BCUT2D eigenvalue weighted by atomic mass is 10.1. The first-order valence-electron chi connectivity index (χ1n) is 7.74. The Balaban J connectivity index is 1.89. The second-order valence-corrected chi connectivity index (χ2v) is 6.73. The third-order valence-corrected chi connectivity index (χ3v) is 3.87. The van der Waals surface area contributed by atoms with E-state index in [0.29, 0.717) is 13.1 Å². The van der Waals surface area contributed by atoms with Crippen molar-refractivity contribution in [2.75, 3.05) is 26.2 Å². The number of carbonyl (C=O) groups excluding carboxylic acids is 1. The Morgan fingerprint density at radius 3 is 2.18 bits per heavy atom. The van der Waals surface area contributed by atoms with Crippen molar-refractivity contribution in [3.63, 3.8) is 0 Å². The smallest absolute Gasteiger partial charge is 0.410 e. The molecule has 4 nitrogen and oxygen atoms in total. The van der Waals surface area contributed by atoms with Gasteiger partial charge in [0.1, 0.15) is 11.4 Å². The zero-order chi connectivity index (χ0) is 16.3. The van der Waals surface area contributed by atoms with E-state index in [2.05, 4.69) is 11.8 Å². The maximum Gasteiger partial charge on any atom is 0.410 e. The molecule has 0 spiro atoms. The molecule has 1 atom stereocenters. The number of rotatable bonds is 2. The summed E-state index contributed by atoms with van der Waals surface area (Å²) in [6.07, 6.45) is -0.249. The van der Waals surface area contributed by atoms with Crippen molar-refractivity contribution in [2.24, 2.45) is 0 Å². The Hall–Kier alpha value is -1.62. The van der Waals surface area contributed by atoms with Gasteiger partial charge in [0, 0.05) is 32.2 Å². The molecule has 1 aliphatic rings. The molecular weight excluding hydrogens is 283 g/mol. The van der Waals surface area contributed by atoms with Crippen molar-refractivity contribution in [3.05, 3.63) is 35.6 Å². The molecular formula is C17H25FN2O2. The van der Waals surface area contributed by atoms with Gasteiger partial charge in [-0.1, -0.05) is 12.1 Å². The van der Waals surface area contributed by atoms with Gasteiger partial charge in [-0.05, 0) is 45.4 Å². The van der Waals surface area contributed by atoms with E-state index in [0.717, 1.165) is 18.7 Å². The number of ether oxygens (including phenoxy) is 1. The summed E-state index contributed by atoms with van der Waals surface area (Å²) in [7, 11) is 0. The molecule has 0 aromatic heterocycles. The monoisotopic (exact) mass is 308 g/mol. The fraction of sp³-hybridized carbons (Fsp3) is 0.588. The summed E-state index contributed by atoms with van der Waals surface area (Å²) in [5, 5.41) is 0. The van der Waals surface area contributed by atoms with E-state index in [1.807, 2.05) is 32.9 Å². The first-order valence-corrected chi connectivity index (χ1v) is 7.74. The van der Waals surface area contributed by atoms with Gasteiger partial charge in [-0.3, -0.25) is 4.90 Å². The predicted octanol–water partition coefficient (Wildman–Crippen LogP) is 3.44. The lowest BCUT2D eigenvalue weighted by Crippen LogP contribution is -2.50. The van der Waals surface area contributed by atoms with Crippen LogP contribution in [0.2, 0.25) is 0 Å². The van der Waals surface area contributed by atoms with Crippen LogP contribution in [0.1, 0.15) is 39.3 Å². The van der Waals surface area contributed by atoms with Gasteiger partial charge in [0.2, 0.25) is 0 Å². The van der Waals surface area contributed by atoms with Crippen LogP contribution >= 0.6 is 0 Å². The summed E-state index contributed by atoms with van der Waals surface area (Å²) in [4.78, 5) is 16.1. The van der Waals surface area contributed by atoms with Crippen LogP contribution in [0.25, 0.3) is 0 Å². The van der Waals surface area contributed by atoms with Crippen molar-refractivity contribution >= 4 is 6.09 Å². The highest BCUT2D eigenvalue weighted by atomic mass is 19.1. The lowest BCUT2D eigenvalue weighted by Gasteiger charge is -2.38. The number of hydrogen-bond acceptors (Lipinski definition) is 3. The number of nitrogens with zero attached hydrogens (tertiary/aromatic N) is 2. The van der Waals surface area contributed by atoms with Crippen LogP contribution in [0, 0.1) is 5.82 Å². The summed E-state index contributed by atoms with van der Waals surface area (Å²) in [5.41, 5.74) is 0.627. The maximum absolute atomic E-state index is 13.0. The summed E-state index contributed by atoms with van der Waals surface area (Å²) >= 11 is 0. The number of amides is 1. The van der Waals surface area contributed by atoms with E-state index in [1.54, 1.807) is 4.90 Å². The van der Waals surface area contributed by atoms with Crippen LogP contribution in [0.5, 0.6) is 0 Å². The third-order valence-electron chi connectivity index (χ3n) is 3.87. The molecule has 1 aromatic rings. The fourth-order valence-corrected chi connectivity index (χ4v) is 2.57. The summed E-state index contributed by atoms with van der Waals surface area (Å²) in [6.45, 7) is 10.6. The summed E-state index contributed by atoms with van der Waals surface area (Å²) in [6, 6.07) is 6.83. The van der Waals surface area contributed by atoms with Crippen LogP contribution in [0.4, 0.5) is 9.18 Å². The van der Waals surface area contributed by atoms with Crippen LogP contribution in [-0.2, 0) is 4.74 Å². The second-order valence-electron chi connectivity index (χ2n) is 6.73. The van der Waals surface area contributed by atoms with Gasteiger partial charge in [-0.25, -0.2) is 9.18 Å². The second kappa shape index (κ2) is 6.65. The topological polar surface area (TPSA) is 32.8 Å². The van der Waals surface area contributed by atoms with Crippen molar-refractivity contribution in [2.45, 2.75) is 39.3 Å². The maximum atomic E-state index is 13.0. The van der Waals surface area contributed by atoms with Crippen LogP contribution in [0.15, 0.2) is 24.3 Å². The van der Waals surface area contributed by atoms with Crippen molar-refractivity contribution in [3.8, 4) is 0 Å². The molecule has 0 unspecified atom stereocenters. The van der Waals surface area contributed by atoms with E-state index in [1.165, 1.54) is 12.1 Å². The van der Waals surface area contributed by atoms with Crippen LogP contribution in [0.3, 0.4) is 0 Å². The first-order chi connectivity index (χ1) is 10.3. The van der Waals surface area contributed by atoms with E-state index >= 15 is 0 Å². The van der Waals surface area contributed by atoms with Gasteiger partial charge >= 0.3 is 6.09 Å². The van der Waals surface area contributed by atoms with Gasteiger partial charge in [-0.15, -0.1) is 0 Å². The van der Waals surface area contributed by atoms with Crippen molar-refractivity contribution < 1.29 is 13.9 Å². The highest BCUT2D eigenvalue weighted by Crippen LogP contribution is 2.22. The normalized spacial score (nSPS) is 18.1. The Morgan fingerprint density at radius 2 is 1.68 bits per heavy atom. The SMILES string of the molecule is C[C@H](c1ccc(F)cc1)N1CCN(C(=O)OC(C)(C)C)CC1. The Labute approximate surface area is 131 Å². The molecule has 0 bridgehead atoms. The molecule has 0 saturated carbocycles. The average Bonchev–Trinajstić information content (AvgIpc) is 2.46. The number of piperazine rings is 1. The molecule has 2 rings (SSSR count). The molecule has 122 valence electrons. The summed E-state index contributed by atoms with van der Waals surface area (Å²) < 4.78 is 18.4. The van der Waals surface area contributed by atoms with Crippen LogP contribution in [-0.4, -0.2) is 47.7 Å². The Morgan fingerprint density at radius 1 is 1.14 bits per heavy atom. The molecule has 1 fully saturated rings. The number of halogens is 1. The van der Waals surface area contributed by atoms with Crippen molar-refractivity contribution in [1.29, 1.82) is 0 Å². The minimum Gasteiger partial charge on any atom is -0.444 e. The van der Waals surface area contributed by atoms with Gasteiger partial charge < -0.3 is 9.64 Å². The Bertz CT molecular complexity index is 502. The zero-order valence-corrected chi connectivity index (χ0v) is 13.8. The predicted molar refractivity (Wildman–Crippen MR) is 84.2 cm³/mol. The minimum absolute atomic E-state index is 0.210. The molecule has 22 heavy (non-hydrogen) atoms. The van der Waals surface area contributed by atoms with E-state index in [-0.39, 0.29) is 18.0 Å². The zero-order valence-electron chi connectivity index (χ0n) is 13.8. The lowest BCUT2D eigenvalue weighted by molar-refractivity contribution is 0.0110. The number of carbonyl (C=O) groups is 1. The molecule has 1 heterocycles. The molecule has 1 saturated heterocycles. The van der Waals surface area contributed by atoms with E-state index in [4.69, 9.17) is 4.74 Å². The Kier molecular flexibility index (Phi) is 5.06. The third kappa shape index (κ3) is 4.44. The van der Waals surface area contributed by atoms with Gasteiger partial charge in [0.05, 0.1) is 0 Å². The van der Waals surface area contributed by atoms with E-state index in [9.17, 15) is 9.18 Å². The molecule has 1 aromatic carbocycles. The van der Waals surface area contributed by atoms with Gasteiger partial charge in [-0.2, -0.15) is 0 Å². The fourth-order valence-electron chi connectivity index (χ4n) is 2.57. The largest absolute Gasteiger partial charge is 0.444 e.